The number of urea groups is 1. The van der Waals surface area contributed by atoms with E-state index in [0.29, 0.717) is 13.0 Å². The van der Waals surface area contributed by atoms with Crippen LogP contribution in [0.25, 0.3) is 0 Å². The maximum atomic E-state index is 10.9. The molecule has 2 amide bonds. The zero-order chi connectivity index (χ0) is 9.56. The highest BCUT2D eigenvalue weighted by Gasteiger charge is 2.04. The number of aliphatic hydroxyl groups excluding tert-OH is 1. The van der Waals surface area contributed by atoms with Crippen LogP contribution in [0.3, 0.4) is 0 Å². The summed E-state index contributed by atoms with van der Waals surface area (Å²) in [5.41, 5.74) is 0. The van der Waals surface area contributed by atoms with E-state index >= 15 is 0 Å². The smallest absolute Gasteiger partial charge is 0.315 e. The first-order valence-corrected chi connectivity index (χ1v) is 4.28. The van der Waals surface area contributed by atoms with E-state index in [1.54, 1.807) is 0 Å². The largest absolute Gasteiger partial charge is 0.391 e. The molecule has 0 saturated carbocycles. The molecule has 1 atom stereocenters. The number of amides is 2. The van der Waals surface area contributed by atoms with Crippen molar-refractivity contribution in [1.82, 2.24) is 10.6 Å². The molecular weight excluding hydrogens is 156 g/mol. The van der Waals surface area contributed by atoms with Crippen LogP contribution in [0.4, 0.5) is 4.79 Å². The van der Waals surface area contributed by atoms with Gasteiger partial charge < -0.3 is 15.7 Å². The van der Waals surface area contributed by atoms with Gasteiger partial charge in [0.05, 0.1) is 6.10 Å². The van der Waals surface area contributed by atoms with E-state index in [2.05, 4.69) is 10.6 Å². The number of nitrogens with one attached hydrogen (secondary N) is 2. The van der Waals surface area contributed by atoms with Crippen molar-refractivity contribution in [2.75, 3.05) is 6.54 Å². The Morgan fingerprint density at radius 2 is 2.08 bits per heavy atom. The second-order valence-corrected chi connectivity index (χ2v) is 3.07. The molecule has 12 heavy (non-hydrogen) atoms. The SMILES string of the molecule is CCC(O)CNC(=O)NC(C)C. The molecule has 0 saturated heterocycles. The van der Waals surface area contributed by atoms with Gasteiger partial charge in [-0.1, -0.05) is 6.92 Å². The van der Waals surface area contributed by atoms with Crippen LogP contribution in [-0.4, -0.2) is 29.8 Å². The summed E-state index contributed by atoms with van der Waals surface area (Å²) in [4.78, 5) is 10.9. The Bertz CT molecular complexity index is 137. The van der Waals surface area contributed by atoms with Gasteiger partial charge in [0.25, 0.3) is 0 Å². The lowest BCUT2D eigenvalue weighted by molar-refractivity contribution is 0.166. The average Bonchev–Trinajstić information content (AvgIpc) is 1.99. The van der Waals surface area contributed by atoms with Crippen molar-refractivity contribution in [2.24, 2.45) is 0 Å². The third-order valence-electron chi connectivity index (χ3n) is 1.39. The highest BCUT2D eigenvalue weighted by molar-refractivity contribution is 5.74. The van der Waals surface area contributed by atoms with E-state index in [0.717, 1.165) is 0 Å². The normalized spacial score (nSPS) is 12.8. The Morgan fingerprint density at radius 1 is 1.50 bits per heavy atom. The van der Waals surface area contributed by atoms with Gasteiger partial charge in [-0.3, -0.25) is 0 Å². The fraction of sp³-hybridized carbons (Fsp3) is 0.875. The predicted octanol–water partition coefficient (Wildman–Crippen LogP) is 0.465. The zero-order valence-electron chi connectivity index (χ0n) is 7.92. The minimum atomic E-state index is -0.442. The number of rotatable bonds is 4. The Labute approximate surface area is 73.3 Å². The van der Waals surface area contributed by atoms with Gasteiger partial charge in [0.1, 0.15) is 0 Å². The van der Waals surface area contributed by atoms with Gasteiger partial charge >= 0.3 is 6.03 Å². The molecule has 0 aromatic rings. The van der Waals surface area contributed by atoms with Crippen LogP contribution >= 0.6 is 0 Å². The summed E-state index contributed by atoms with van der Waals surface area (Å²) in [5, 5.41) is 14.3. The zero-order valence-corrected chi connectivity index (χ0v) is 7.92. The summed E-state index contributed by atoms with van der Waals surface area (Å²) in [6, 6.07) is -0.0960. The van der Waals surface area contributed by atoms with E-state index in [1.807, 2.05) is 20.8 Å². The summed E-state index contributed by atoms with van der Waals surface area (Å²) in [5.74, 6) is 0. The molecular formula is C8H18N2O2. The second-order valence-electron chi connectivity index (χ2n) is 3.07. The maximum Gasteiger partial charge on any atom is 0.315 e. The molecule has 0 radical (unpaired) electrons. The summed E-state index contributed by atoms with van der Waals surface area (Å²) in [6.45, 7) is 5.95. The highest BCUT2D eigenvalue weighted by Crippen LogP contribution is 1.86. The third-order valence-corrected chi connectivity index (χ3v) is 1.39. The average molecular weight is 174 g/mol. The van der Waals surface area contributed by atoms with Gasteiger partial charge in [-0.05, 0) is 20.3 Å². The van der Waals surface area contributed by atoms with E-state index < -0.39 is 6.10 Å². The fourth-order valence-corrected chi connectivity index (χ4v) is 0.668. The van der Waals surface area contributed by atoms with Crippen LogP contribution in [0.5, 0.6) is 0 Å². The molecule has 0 heterocycles. The lowest BCUT2D eigenvalue weighted by atomic mass is 10.3. The van der Waals surface area contributed by atoms with Gasteiger partial charge in [-0.2, -0.15) is 0 Å². The Morgan fingerprint density at radius 3 is 2.50 bits per heavy atom. The molecule has 0 aliphatic rings. The van der Waals surface area contributed by atoms with Crippen LogP contribution in [0, 0.1) is 0 Å². The number of carbonyl (C=O) groups excluding carboxylic acids is 1. The van der Waals surface area contributed by atoms with Crippen LogP contribution in [-0.2, 0) is 0 Å². The molecule has 4 heteroatoms. The van der Waals surface area contributed by atoms with E-state index in [1.165, 1.54) is 0 Å². The van der Waals surface area contributed by atoms with E-state index in [4.69, 9.17) is 5.11 Å². The summed E-state index contributed by atoms with van der Waals surface area (Å²) >= 11 is 0. The molecule has 0 aromatic heterocycles. The lowest BCUT2D eigenvalue weighted by Gasteiger charge is -2.12. The van der Waals surface area contributed by atoms with E-state index in [9.17, 15) is 4.79 Å². The third kappa shape index (κ3) is 5.97. The first kappa shape index (κ1) is 11.2. The molecule has 0 fully saturated rings. The Hall–Kier alpha value is -0.770. The Kier molecular flexibility index (Phi) is 5.45. The fourth-order valence-electron chi connectivity index (χ4n) is 0.668. The molecule has 0 rings (SSSR count). The van der Waals surface area contributed by atoms with Crippen molar-refractivity contribution in [2.45, 2.75) is 39.3 Å². The predicted molar refractivity (Wildman–Crippen MR) is 48.0 cm³/mol. The van der Waals surface area contributed by atoms with Crippen LogP contribution in [0.2, 0.25) is 0 Å². The van der Waals surface area contributed by atoms with E-state index in [-0.39, 0.29) is 12.1 Å². The molecule has 72 valence electrons. The summed E-state index contributed by atoms with van der Waals surface area (Å²) in [7, 11) is 0. The monoisotopic (exact) mass is 174 g/mol. The van der Waals surface area contributed by atoms with Crippen LogP contribution in [0.1, 0.15) is 27.2 Å². The lowest BCUT2D eigenvalue weighted by Crippen LogP contribution is -2.42. The molecule has 4 nitrogen and oxygen atoms in total. The number of hydrogen-bond donors (Lipinski definition) is 3. The summed E-state index contributed by atoms with van der Waals surface area (Å²) < 4.78 is 0. The first-order valence-electron chi connectivity index (χ1n) is 4.28. The second kappa shape index (κ2) is 5.83. The van der Waals surface area contributed by atoms with Crippen molar-refractivity contribution in [3.05, 3.63) is 0 Å². The minimum Gasteiger partial charge on any atom is -0.391 e. The van der Waals surface area contributed by atoms with Crippen molar-refractivity contribution in [1.29, 1.82) is 0 Å². The molecule has 0 aromatic carbocycles. The van der Waals surface area contributed by atoms with Crippen molar-refractivity contribution in [3.8, 4) is 0 Å². The molecule has 3 N–H and O–H groups in total. The number of hydrogen-bond acceptors (Lipinski definition) is 2. The summed E-state index contributed by atoms with van der Waals surface area (Å²) in [6.07, 6.45) is 0.213. The van der Waals surface area contributed by atoms with Crippen molar-refractivity contribution in [3.63, 3.8) is 0 Å². The molecule has 1 unspecified atom stereocenters. The molecule has 0 bridgehead atoms. The van der Waals surface area contributed by atoms with Gasteiger partial charge in [-0.15, -0.1) is 0 Å². The standard InChI is InChI=1S/C8H18N2O2/c1-4-7(11)5-9-8(12)10-6(2)3/h6-7,11H,4-5H2,1-3H3,(H2,9,10,12). The van der Waals surface area contributed by atoms with Crippen LogP contribution < -0.4 is 10.6 Å². The maximum absolute atomic E-state index is 10.9. The number of carbonyl (C=O) groups is 1. The van der Waals surface area contributed by atoms with Crippen molar-refractivity contribution >= 4 is 6.03 Å². The Balaban J connectivity index is 3.44. The highest BCUT2D eigenvalue weighted by atomic mass is 16.3. The van der Waals surface area contributed by atoms with Gasteiger partial charge in [-0.25, -0.2) is 4.79 Å². The first-order chi connectivity index (χ1) is 5.56. The molecule has 0 aliphatic heterocycles. The minimum absolute atomic E-state index is 0.128. The number of aliphatic hydroxyl groups is 1. The molecule has 0 spiro atoms. The van der Waals surface area contributed by atoms with Crippen molar-refractivity contribution < 1.29 is 9.90 Å². The van der Waals surface area contributed by atoms with Crippen LogP contribution in [0.15, 0.2) is 0 Å². The quantitative estimate of drug-likeness (QED) is 0.580. The molecule has 0 aliphatic carbocycles. The van der Waals surface area contributed by atoms with Gasteiger partial charge in [0, 0.05) is 12.6 Å². The van der Waals surface area contributed by atoms with Gasteiger partial charge in [0.2, 0.25) is 0 Å². The van der Waals surface area contributed by atoms with Gasteiger partial charge in [0.15, 0.2) is 0 Å². The topological polar surface area (TPSA) is 61.4 Å².